The fourth-order valence-electron chi connectivity index (χ4n) is 6.09. The van der Waals surface area contributed by atoms with E-state index in [9.17, 15) is 0 Å². The second-order valence-corrected chi connectivity index (χ2v) is 8.45. The first-order chi connectivity index (χ1) is 12.3. The van der Waals surface area contributed by atoms with Crippen LogP contribution in [0.15, 0.2) is 4.99 Å². The van der Waals surface area contributed by atoms with Gasteiger partial charge in [-0.05, 0) is 52.1 Å². The van der Waals surface area contributed by atoms with E-state index in [4.69, 9.17) is 9.73 Å². The van der Waals surface area contributed by atoms with Crippen molar-refractivity contribution in [2.24, 2.45) is 16.3 Å². The monoisotopic (exact) mass is 348 g/mol. The highest BCUT2D eigenvalue weighted by atomic mass is 16.5. The maximum Gasteiger partial charge on any atom is 0.191 e. The highest BCUT2D eigenvalue weighted by molar-refractivity contribution is 5.80. The van der Waals surface area contributed by atoms with Gasteiger partial charge in [0.25, 0.3) is 0 Å². The molecule has 2 aliphatic heterocycles. The quantitative estimate of drug-likeness (QED) is 0.592. The normalized spacial score (nSPS) is 37.3. The van der Waals surface area contributed by atoms with E-state index in [1.807, 2.05) is 0 Å². The van der Waals surface area contributed by atoms with Crippen LogP contribution in [0, 0.1) is 11.3 Å². The molecule has 0 aromatic heterocycles. The summed E-state index contributed by atoms with van der Waals surface area (Å²) >= 11 is 0. The molecule has 4 rings (SSSR count). The summed E-state index contributed by atoms with van der Waals surface area (Å²) in [4.78, 5) is 7.58. The van der Waals surface area contributed by atoms with Crippen LogP contribution in [-0.4, -0.2) is 61.8 Å². The van der Waals surface area contributed by atoms with Gasteiger partial charge in [0, 0.05) is 36.6 Å². The van der Waals surface area contributed by atoms with Crippen molar-refractivity contribution in [3.05, 3.63) is 0 Å². The van der Waals surface area contributed by atoms with Crippen molar-refractivity contribution < 1.29 is 4.74 Å². The molecule has 0 bridgehead atoms. The first-order valence-corrected chi connectivity index (χ1v) is 10.7. The van der Waals surface area contributed by atoms with Crippen molar-refractivity contribution in [3.63, 3.8) is 0 Å². The van der Waals surface area contributed by atoms with E-state index >= 15 is 0 Å². The summed E-state index contributed by atoms with van der Waals surface area (Å²) in [5, 5.41) is 7.36. The molecule has 142 valence electrons. The van der Waals surface area contributed by atoms with Gasteiger partial charge in [0.1, 0.15) is 0 Å². The number of hydrogen-bond donors (Lipinski definition) is 2. The van der Waals surface area contributed by atoms with E-state index in [-0.39, 0.29) is 0 Å². The summed E-state index contributed by atoms with van der Waals surface area (Å²) in [7, 11) is 0. The summed E-state index contributed by atoms with van der Waals surface area (Å²) in [5.41, 5.74) is 0.389. The standard InChI is InChI=1S/C20H36N4O/c1-3-21-19(22-14-15-8-7-12-24(15)4-2)23-17-16-9-13-25-18(16)20(17)10-5-6-11-20/h15-18H,3-14H2,1-2H3,(H2,21,22,23). The van der Waals surface area contributed by atoms with Gasteiger partial charge in [-0.25, -0.2) is 0 Å². The van der Waals surface area contributed by atoms with Gasteiger partial charge in [-0.1, -0.05) is 19.8 Å². The first kappa shape index (κ1) is 17.6. The van der Waals surface area contributed by atoms with E-state index in [0.29, 0.717) is 29.5 Å². The minimum atomic E-state index is 0.389. The van der Waals surface area contributed by atoms with Gasteiger partial charge < -0.3 is 15.4 Å². The van der Waals surface area contributed by atoms with Gasteiger partial charge in [0.15, 0.2) is 5.96 Å². The molecule has 0 radical (unpaired) electrons. The Morgan fingerprint density at radius 1 is 1.20 bits per heavy atom. The molecule has 4 aliphatic rings. The zero-order chi connectivity index (χ0) is 17.3. The maximum atomic E-state index is 6.12. The Morgan fingerprint density at radius 2 is 2.04 bits per heavy atom. The van der Waals surface area contributed by atoms with Crippen molar-refractivity contribution in [2.45, 2.75) is 77.0 Å². The molecule has 5 heteroatoms. The van der Waals surface area contributed by atoms with Crippen LogP contribution in [0.2, 0.25) is 0 Å². The Kier molecular flexibility index (Phi) is 5.23. The van der Waals surface area contributed by atoms with Crippen LogP contribution in [-0.2, 0) is 4.74 Å². The second-order valence-electron chi connectivity index (χ2n) is 8.45. The number of likely N-dealkylation sites (N-methyl/N-ethyl adjacent to an activating group) is 1. The fourth-order valence-corrected chi connectivity index (χ4v) is 6.09. The first-order valence-electron chi connectivity index (χ1n) is 10.7. The van der Waals surface area contributed by atoms with Crippen molar-refractivity contribution >= 4 is 5.96 Å². The average molecular weight is 349 g/mol. The molecule has 2 saturated carbocycles. The zero-order valence-corrected chi connectivity index (χ0v) is 16.1. The van der Waals surface area contributed by atoms with E-state index in [1.54, 1.807) is 0 Å². The molecule has 2 heterocycles. The Bertz CT molecular complexity index is 488. The molecule has 4 unspecified atom stereocenters. The number of likely N-dealkylation sites (tertiary alicyclic amines) is 1. The number of rotatable bonds is 5. The number of fused-ring (bicyclic) bond motifs is 2. The van der Waals surface area contributed by atoms with Gasteiger partial charge in [0.2, 0.25) is 0 Å². The van der Waals surface area contributed by atoms with Gasteiger partial charge in [0.05, 0.1) is 12.6 Å². The predicted molar refractivity (Wildman–Crippen MR) is 102 cm³/mol. The molecule has 2 N–H and O–H groups in total. The molecule has 4 fully saturated rings. The third kappa shape index (κ3) is 3.08. The number of hydrogen-bond acceptors (Lipinski definition) is 3. The van der Waals surface area contributed by atoms with Crippen molar-refractivity contribution in [1.82, 2.24) is 15.5 Å². The molecule has 2 aliphatic carbocycles. The topological polar surface area (TPSA) is 48.9 Å². The van der Waals surface area contributed by atoms with Crippen LogP contribution >= 0.6 is 0 Å². The van der Waals surface area contributed by atoms with E-state index < -0.39 is 0 Å². The van der Waals surface area contributed by atoms with Crippen LogP contribution in [0.4, 0.5) is 0 Å². The molecule has 0 aromatic rings. The minimum Gasteiger partial charge on any atom is -0.377 e. The lowest BCUT2D eigenvalue weighted by molar-refractivity contribution is -0.125. The summed E-state index contributed by atoms with van der Waals surface area (Å²) in [6.07, 6.45) is 9.75. The van der Waals surface area contributed by atoms with Crippen molar-refractivity contribution in [1.29, 1.82) is 0 Å². The van der Waals surface area contributed by atoms with Gasteiger partial charge in [-0.2, -0.15) is 0 Å². The van der Waals surface area contributed by atoms with Gasteiger partial charge >= 0.3 is 0 Å². The Hall–Kier alpha value is -0.810. The minimum absolute atomic E-state index is 0.389. The summed E-state index contributed by atoms with van der Waals surface area (Å²) in [5.74, 6) is 1.73. The van der Waals surface area contributed by atoms with E-state index in [2.05, 4.69) is 29.4 Å². The number of nitrogens with zero attached hydrogens (tertiary/aromatic N) is 2. The third-order valence-corrected chi connectivity index (χ3v) is 7.29. The maximum absolute atomic E-state index is 6.12. The molecule has 0 amide bonds. The largest absolute Gasteiger partial charge is 0.377 e. The summed E-state index contributed by atoms with van der Waals surface area (Å²) in [6, 6.07) is 1.19. The fraction of sp³-hybridized carbons (Fsp3) is 0.950. The lowest BCUT2D eigenvalue weighted by Gasteiger charge is -2.57. The van der Waals surface area contributed by atoms with Gasteiger partial charge in [-0.3, -0.25) is 9.89 Å². The molecule has 25 heavy (non-hydrogen) atoms. The smallest absolute Gasteiger partial charge is 0.191 e. The number of aliphatic imine (C=N–C) groups is 1. The lowest BCUT2D eigenvalue weighted by atomic mass is 9.54. The van der Waals surface area contributed by atoms with Crippen molar-refractivity contribution in [3.8, 4) is 0 Å². The number of ether oxygens (including phenoxy) is 1. The van der Waals surface area contributed by atoms with E-state index in [0.717, 1.165) is 32.2 Å². The molecule has 4 atom stereocenters. The predicted octanol–water partition coefficient (Wildman–Crippen LogP) is 2.37. The molecule has 0 aromatic carbocycles. The van der Waals surface area contributed by atoms with Crippen LogP contribution in [0.25, 0.3) is 0 Å². The second kappa shape index (κ2) is 7.43. The summed E-state index contributed by atoms with van der Waals surface area (Å²) < 4.78 is 6.12. The molecule has 5 nitrogen and oxygen atoms in total. The average Bonchev–Trinajstić information content (AvgIpc) is 3.36. The highest BCUT2D eigenvalue weighted by Crippen LogP contribution is 2.60. The Labute approximate surface area is 153 Å². The van der Waals surface area contributed by atoms with Gasteiger partial charge in [-0.15, -0.1) is 0 Å². The SMILES string of the molecule is CCNC(=NCC1CCCN1CC)NC1C2CCOC2C12CCCC2. The summed E-state index contributed by atoms with van der Waals surface area (Å²) in [6.45, 7) is 9.63. The van der Waals surface area contributed by atoms with Crippen LogP contribution in [0.3, 0.4) is 0 Å². The van der Waals surface area contributed by atoms with Crippen molar-refractivity contribution in [2.75, 3.05) is 32.8 Å². The van der Waals surface area contributed by atoms with Crippen LogP contribution in [0.1, 0.15) is 58.8 Å². The molecule has 1 spiro atoms. The molecule has 2 saturated heterocycles. The zero-order valence-electron chi connectivity index (χ0n) is 16.1. The van der Waals surface area contributed by atoms with E-state index in [1.165, 1.54) is 51.5 Å². The lowest BCUT2D eigenvalue weighted by Crippen LogP contribution is -2.69. The molecular formula is C20H36N4O. The van der Waals surface area contributed by atoms with Crippen LogP contribution in [0.5, 0.6) is 0 Å². The number of nitrogens with one attached hydrogen (secondary N) is 2. The highest BCUT2D eigenvalue weighted by Gasteiger charge is 2.65. The molecular weight excluding hydrogens is 312 g/mol. The van der Waals surface area contributed by atoms with Crippen LogP contribution < -0.4 is 10.6 Å². The Balaban J connectivity index is 1.43. The number of guanidine groups is 1. The Morgan fingerprint density at radius 3 is 2.80 bits per heavy atom. The third-order valence-electron chi connectivity index (χ3n) is 7.29.